The molecule has 0 bridgehead atoms. The van der Waals surface area contributed by atoms with Crippen LogP contribution in [0.4, 0.5) is 0 Å². The van der Waals surface area contributed by atoms with Crippen LogP contribution in [-0.2, 0) is 13.5 Å². The zero-order chi connectivity index (χ0) is 10.4. The van der Waals surface area contributed by atoms with Crippen LogP contribution in [0.2, 0.25) is 0 Å². The van der Waals surface area contributed by atoms with Crippen LogP contribution in [0, 0.1) is 5.92 Å². The molecule has 0 amide bonds. The first-order valence-electron chi connectivity index (χ1n) is 5.27. The van der Waals surface area contributed by atoms with E-state index in [1.807, 2.05) is 11.7 Å². The van der Waals surface area contributed by atoms with Gasteiger partial charge in [-0.15, -0.1) is 0 Å². The SMILES string of the molecule is CCNCC(C)CCc1ncnn1C. The second-order valence-electron chi connectivity index (χ2n) is 3.75. The van der Waals surface area contributed by atoms with Gasteiger partial charge in [0.2, 0.25) is 0 Å². The highest BCUT2D eigenvalue weighted by atomic mass is 15.3. The third-order valence-electron chi connectivity index (χ3n) is 2.41. The molecule has 14 heavy (non-hydrogen) atoms. The van der Waals surface area contributed by atoms with E-state index in [0.717, 1.165) is 25.3 Å². The number of aromatic nitrogens is 3. The maximum Gasteiger partial charge on any atom is 0.138 e. The minimum atomic E-state index is 0.701. The van der Waals surface area contributed by atoms with Crippen LogP contribution in [0.5, 0.6) is 0 Å². The average molecular weight is 196 g/mol. The molecule has 0 saturated heterocycles. The largest absolute Gasteiger partial charge is 0.317 e. The van der Waals surface area contributed by atoms with E-state index in [1.165, 1.54) is 6.42 Å². The molecule has 1 unspecified atom stereocenters. The normalized spacial score (nSPS) is 13.1. The van der Waals surface area contributed by atoms with E-state index in [2.05, 4.69) is 29.2 Å². The fourth-order valence-corrected chi connectivity index (χ4v) is 1.41. The number of aryl methyl sites for hydroxylation is 2. The summed E-state index contributed by atoms with van der Waals surface area (Å²) >= 11 is 0. The Morgan fingerprint density at radius 3 is 2.93 bits per heavy atom. The molecule has 0 aliphatic carbocycles. The second-order valence-corrected chi connectivity index (χ2v) is 3.75. The van der Waals surface area contributed by atoms with E-state index in [4.69, 9.17) is 0 Å². The molecule has 0 fully saturated rings. The van der Waals surface area contributed by atoms with Gasteiger partial charge in [0, 0.05) is 13.5 Å². The van der Waals surface area contributed by atoms with E-state index < -0.39 is 0 Å². The molecule has 1 rings (SSSR count). The monoisotopic (exact) mass is 196 g/mol. The third-order valence-corrected chi connectivity index (χ3v) is 2.41. The van der Waals surface area contributed by atoms with Gasteiger partial charge in [-0.25, -0.2) is 4.98 Å². The molecule has 1 N–H and O–H groups in total. The zero-order valence-corrected chi connectivity index (χ0v) is 9.32. The first-order valence-corrected chi connectivity index (χ1v) is 5.27. The van der Waals surface area contributed by atoms with Crippen LogP contribution in [0.1, 0.15) is 26.1 Å². The number of hydrogen-bond acceptors (Lipinski definition) is 3. The summed E-state index contributed by atoms with van der Waals surface area (Å²) in [6.07, 6.45) is 3.80. The van der Waals surface area contributed by atoms with Crippen molar-refractivity contribution in [3.8, 4) is 0 Å². The van der Waals surface area contributed by atoms with Gasteiger partial charge in [0.05, 0.1) is 0 Å². The van der Waals surface area contributed by atoms with Gasteiger partial charge in [0.1, 0.15) is 12.2 Å². The number of nitrogens with one attached hydrogen (secondary N) is 1. The summed E-state index contributed by atoms with van der Waals surface area (Å²) in [7, 11) is 1.94. The fraction of sp³-hybridized carbons (Fsp3) is 0.800. The summed E-state index contributed by atoms with van der Waals surface area (Å²) < 4.78 is 1.85. The lowest BCUT2D eigenvalue weighted by Crippen LogP contribution is -2.21. The van der Waals surface area contributed by atoms with E-state index in [9.17, 15) is 0 Å². The van der Waals surface area contributed by atoms with Gasteiger partial charge in [-0.1, -0.05) is 13.8 Å². The topological polar surface area (TPSA) is 42.7 Å². The van der Waals surface area contributed by atoms with Crippen molar-refractivity contribution in [2.24, 2.45) is 13.0 Å². The maximum atomic E-state index is 4.20. The van der Waals surface area contributed by atoms with Crippen LogP contribution >= 0.6 is 0 Å². The molecule has 0 saturated carbocycles. The van der Waals surface area contributed by atoms with Crippen LogP contribution in [0.25, 0.3) is 0 Å². The van der Waals surface area contributed by atoms with Crippen molar-refractivity contribution >= 4 is 0 Å². The molecule has 1 atom stereocenters. The second kappa shape index (κ2) is 5.75. The molecule has 4 heteroatoms. The smallest absolute Gasteiger partial charge is 0.138 e. The summed E-state index contributed by atoms with van der Waals surface area (Å²) in [5.41, 5.74) is 0. The summed E-state index contributed by atoms with van der Waals surface area (Å²) in [4.78, 5) is 4.20. The van der Waals surface area contributed by atoms with Gasteiger partial charge in [0.15, 0.2) is 0 Å². The Hall–Kier alpha value is -0.900. The van der Waals surface area contributed by atoms with Gasteiger partial charge in [-0.3, -0.25) is 4.68 Å². The number of rotatable bonds is 6. The molecule has 0 aliphatic heterocycles. The molecule has 1 aromatic rings. The molecule has 0 radical (unpaired) electrons. The molecule has 1 heterocycles. The lowest BCUT2D eigenvalue weighted by atomic mass is 10.1. The van der Waals surface area contributed by atoms with Gasteiger partial charge in [-0.05, 0) is 25.4 Å². The van der Waals surface area contributed by atoms with Crippen LogP contribution < -0.4 is 5.32 Å². The first kappa shape index (κ1) is 11.2. The van der Waals surface area contributed by atoms with Crippen LogP contribution in [0.15, 0.2) is 6.33 Å². The van der Waals surface area contributed by atoms with Crippen molar-refractivity contribution in [3.05, 3.63) is 12.2 Å². The number of nitrogens with zero attached hydrogens (tertiary/aromatic N) is 3. The minimum Gasteiger partial charge on any atom is -0.317 e. The molecule has 0 aromatic carbocycles. The molecule has 0 aliphatic rings. The Bertz CT molecular complexity index is 256. The summed E-state index contributed by atoms with van der Waals surface area (Å²) in [6, 6.07) is 0. The van der Waals surface area contributed by atoms with E-state index >= 15 is 0 Å². The molecule has 4 nitrogen and oxygen atoms in total. The Morgan fingerprint density at radius 2 is 2.36 bits per heavy atom. The number of hydrogen-bond donors (Lipinski definition) is 1. The minimum absolute atomic E-state index is 0.701. The Balaban J connectivity index is 2.23. The maximum absolute atomic E-state index is 4.20. The Kier molecular flexibility index (Phi) is 4.59. The van der Waals surface area contributed by atoms with E-state index in [0.29, 0.717) is 5.92 Å². The van der Waals surface area contributed by atoms with Crippen molar-refractivity contribution < 1.29 is 0 Å². The highest BCUT2D eigenvalue weighted by molar-refractivity contribution is 4.83. The zero-order valence-electron chi connectivity index (χ0n) is 9.32. The van der Waals surface area contributed by atoms with Crippen molar-refractivity contribution in [2.45, 2.75) is 26.7 Å². The van der Waals surface area contributed by atoms with Gasteiger partial charge in [-0.2, -0.15) is 5.10 Å². The Labute approximate surface area is 85.7 Å². The molecule has 1 aromatic heterocycles. The predicted octanol–water partition coefficient (Wildman–Crippen LogP) is 0.993. The van der Waals surface area contributed by atoms with Crippen molar-refractivity contribution in [3.63, 3.8) is 0 Å². The summed E-state index contributed by atoms with van der Waals surface area (Å²) in [6.45, 7) is 6.54. The van der Waals surface area contributed by atoms with E-state index in [1.54, 1.807) is 6.33 Å². The third kappa shape index (κ3) is 3.46. The van der Waals surface area contributed by atoms with Crippen LogP contribution in [0.3, 0.4) is 0 Å². The van der Waals surface area contributed by atoms with Crippen LogP contribution in [-0.4, -0.2) is 27.9 Å². The highest BCUT2D eigenvalue weighted by Gasteiger charge is 2.05. The lowest BCUT2D eigenvalue weighted by Gasteiger charge is -2.10. The van der Waals surface area contributed by atoms with Crippen molar-refractivity contribution in [1.82, 2.24) is 20.1 Å². The lowest BCUT2D eigenvalue weighted by molar-refractivity contribution is 0.478. The van der Waals surface area contributed by atoms with Crippen molar-refractivity contribution in [1.29, 1.82) is 0 Å². The van der Waals surface area contributed by atoms with Gasteiger partial charge in [0.25, 0.3) is 0 Å². The summed E-state index contributed by atoms with van der Waals surface area (Å²) in [5, 5.41) is 7.40. The molecular weight excluding hydrogens is 176 g/mol. The van der Waals surface area contributed by atoms with Gasteiger partial charge >= 0.3 is 0 Å². The first-order chi connectivity index (χ1) is 6.74. The molecule has 80 valence electrons. The fourth-order valence-electron chi connectivity index (χ4n) is 1.41. The Morgan fingerprint density at radius 1 is 1.57 bits per heavy atom. The highest BCUT2D eigenvalue weighted by Crippen LogP contribution is 2.05. The predicted molar refractivity (Wildman–Crippen MR) is 57.0 cm³/mol. The quantitative estimate of drug-likeness (QED) is 0.738. The summed E-state index contributed by atoms with van der Waals surface area (Å²) in [5.74, 6) is 1.78. The standard InChI is InChI=1S/C10H20N4/c1-4-11-7-9(2)5-6-10-12-8-13-14(10)3/h8-9,11H,4-7H2,1-3H3. The van der Waals surface area contributed by atoms with Crippen molar-refractivity contribution in [2.75, 3.05) is 13.1 Å². The van der Waals surface area contributed by atoms with E-state index in [-0.39, 0.29) is 0 Å². The molecule has 0 spiro atoms. The van der Waals surface area contributed by atoms with Gasteiger partial charge < -0.3 is 5.32 Å². The molecular formula is C10H20N4. The average Bonchev–Trinajstić information content (AvgIpc) is 2.58.